The summed E-state index contributed by atoms with van der Waals surface area (Å²) in [7, 11) is 0. The molecule has 2 rings (SSSR count). The van der Waals surface area contributed by atoms with Crippen molar-refractivity contribution < 1.29 is 4.79 Å². The smallest absolute Gasteiger partial charge is 0.227 e. The van der Waals surface area contributed by atoms with Gasteiger partial charge in [0.15, 0.2) is 0 Å². The number of hydrogen-bond acceptors (Lipinski definition) is 2. The van der Waals surface area contributed by atoms with E-state index in [1.165, 1.54) is 5.56 Å². The lowest BCUT2D eigenvalue weighted by molar-refractivity contribution is -0.129. The second kappa shape index (κ2) is 6.40. The highest BCUT2D eigenvalue weighted by Crippen LogP contribution is 2.33. The van der Waals surface area contributed by atoms with Crippen molar-refractivity contribution in [2.75, 3.05) is 6.54 Å². The topological polar surface area (TPSA) is 55.1 Å². The number of carbonyl (C=O) groups excluding carboxylic acids is 1. The van der Waals surface area contributed by atoms with E-state index in [4.69, 9.17) is 5.73 Å². The van der Waals surface area contributed by atoms with Crippen molar-refractivity contribution in [1.82, 2.24) is 5.32 Å². The maximum atomic E-state index is 12.1. The van der Waals surface area contributed by atoms with Crippen LogP contribution in [0.4, 0.5) is 0 Å². The summed E-state index contributed by atoms with van der Waals surface area (Å²) >= 11 is 0. The minimum Gasteiger partial charge on any atom is -0.353 e. The number of amides is 1. The van der Waals surface area contributed by atoms with Gasteiger partial charge in [-0.15, -0.1) is 0 Å². The van der Waals surface area contributed by atoms with Gasteiger partial charge in [-0.25, -0.2) is 0 Å². The van der Waals surface area contributed by atoms with Crippen molar-refractivity contribution >= 4 is 5.91 Å². The van der Waals surface area contributed by atoms with Gasteiger partial charge in [-0.2, -0.15) is 0 Å². The molecule has 1 aliphatic carbocycles. The molecule has 0 bridgehead atoms. The van der Waals surface area contributed by atoms with Crippen molar-refractivity contribution in [3.63, 3.8) is 0 Å². The zero-order valence-corrected chi connectivity index (χ0v) is 12.6. The predicted octanol–water partition coefficient (Wildman–Crippen LogP) is 2.81. The molecule has 1 saturated carbocycles. The highest BCUT2D eigenvalue weighted by molar-refractivity contribution is 5.82. The van der Waals surface area contributed by atoms with Gasteiger partial charge >= 0.3 is 0 Å². The average molecular weight is 274 g/mol. The van der Waals surface area contributed by atoms with Gasteiger partial charge < -0.3 is 11.1 Å². The van der Waals surface area contributed by atoms with Gasteiger partial charge in [0.05, 0.1) is 5.41 Å². The fourth-order valence-corrected chi connectivity index (χ4v) is 2.77. The van der Waals surface area contributed by atoms with Crippen molar-refractivity contribution in [2.45, 2.75) is 51.5 Å². The molecule has 0 atom stereocenters. The Hall–Kier alpha value is -1.35. The molecular weight excluding hydrogens is 248 g/mol. The van der Waals surface area contributed by atoms with E-state index in [2.05, 4.69) is 35.6 Å². The molecule has 1 aromatic rings. The Kier molecular flexibility index (Phi) is 4.81. The van der Waals surface area contributed by atoms with Crippen LogP contribution in [0.1, 0.15) is 51.0 Å². The monoisotopic (exact) mass is 274 g/mol. The molecule has 1 aromatic carbocycles. The van der Waals surface area contributed by atoms with E-state index < -0.39 is 5.41 Å². The quantitative estimate of drug-likeness (QED) is 0.887. The first-order valence-electron chi connectivity index (χ1n) is 7.59. The minimum absolute atomic E-state index is 0.0863. The number of nitrogens with two attached hydrogens (primary N) is 1. The van der Waals surface area contributed by atoms with Gasteiger partial charge in [-0.3, -0.25) is 4.79 Å². The standard InChI is InChI=1S/C17H26N2O/c1-17(2,12-18)16(20)19-15-10-8-14(9-11-15)13-6-4-3-5-7-13/h3-7,14-15H,8-12,18H2,1-2H3,(H,19,20). The average Bonchev–Trinajstić information content (AvgIpc) is 2.49. The summed E-state index contributed by atoms with van der Waals surface area (Å²) in [6.07, 6.45) is 4.42. The molecule has 1 amide bonds. The van der Waals surface area contributed by atoms with Crippen LogP contribution in [0.3, 0.4) is 0 Å². The Morgan fingerprint density at radius 2 is 1.80 bits per heavy atom. The van der Waals surface area contributed by atoms with Crippen LogP contribution in [0.5, 0.6) is 0 Å². The zero-order valence-electron chi connectivity index (χ0n) is 12.6. The normalized spacial score (nSPS) is 23.4. The predicted molar refractivity (Wildman–Crippen MR) is 82.4 cm³/mol. The largest absolute Gasteiger partial charge is 0.353 e. The lowest BCUT2D eigenvalue weighted by Crippen LogP contribution is -2.47. The number of hydrogen-bond donors (Lipinski definition) is 2. The summed E-state index contributed by atoms with van der Waals surface area (Å²) in [5, 5.41) is 3.16. The van der Waals surface area contributed by atoms with Crippen LogP contribution in [0.2, 0.25) is 0 Å². The second-order valence-electron chi connectivity index (χ2n) is 6.52. The summed E-state index contributed by atoms with van der Waals surface area (Å²) in [4.78, 5) is 12.1. The van der Waals surface area contributed by atoms with Crippen molar-refractivity contribution in [1.29, 1.82) is 0 Å². The Morgan fingerprint density at radius 1 is 1.20 bits per heavy atom. The Labute approximate surface area is 121 Å². The third kappa shape index (κ3) is 3.60. The zero-order chi connectivity index (χ0) is 14.6. The second-order valence-corrected chi connectivity index (χ2v) is 6.52. The molecule has 0 unspecified atom stereocenters. The molecule has 0 aliphatic heterocycles. The van der Waals surface area contributed by atoms with Gasteiger partial charge in [0, 0.05) is 12.6 Å². The number of nitrogens with one attached hydrogen (secondary N) is 1. The lowest BCUT2D eigenvalue weighted by atomic mass is 9.81. The van der Waals surface area contributed by atoms with Crippen LogP contribution < -0.4 is 11.1 Å². The van der Waals surface area contributed by atoms with Crippen LogP contribution in [-0.4, -0.2) is 18.5 Å². The fourth-order valence-electron chi connectivity index (χ4n) is 2.77. The van der Waals surface area contributed by atoms with Crippen molar-refractivity contribution in [3.8, 4) is 0 Å². The molecule has 0 spiro atoms. The van der Waals surface area contributed by atoms with Crippen molar-refractivity contribution in [3.05, 3.63) is 35.9 Å². The summed E-state index contributed by atoms with van der Waals surface area (Å²) in [5.74, 6) is 0.732. The number of rotatable bonds is 4. The molecule has 20 heavy (non-hydrogen) atoms. The first-order chi connectivity index (χ1) is 9.53. The van der Waals surface area contributed by atoms with E-state index >= 15 is 0 Å². The Morgan fingerprint density at radius 3 is 2.35 bits per heavy atom. The van der Waals surface area contributed by atoms with E-state index in [0.717, 1.165) is 25.7 Å². The summed E-state index contributed by atoms with van der Waals surface area (Å²) in [5.41, 5.74) is 6.62. The van der Waals surface area contributed by atoms with Gasteiger partial charge in [-0.1, -0.05) is 30.3 Å². The van der Waals surface area contributed by atoms with E-state index in [1.54, 1.807) is 0 Å². The first kappa shape index (κ1) is 15.0. The van der Waals surface area contributed by atoms with Crippen LogP contribution in [0.15, 0.2) is 30.3 Å². The molecule has 0 radical (unpaired) electrons. The molecule has 3 heteroatoms. The van der Waals surface area contributed by atoms with Crippen LogP contribution in [0, 0.1) is 5.41 Å². The van der Waals surface area contributed by atoms with Crippen molar-refractivity contribution in [2.24, 2.45) is 11.1 Å². The van der Waals surface area contributed by atoms with Gasteiger partial charge in [0.25, 0.3) is 0 Å². The maximum absolute atomic E-state index is 12.1. The molecule has 1 aliphatic rings. The summed E-state index contributed by atoms with van der Waals surface area (Å²) in [6.45, 7) is 4.19. The van der Waals surface area contributed by atoms with Gasteiger partial charge in [0.2, 0.25) is 5.91 Å². The van der Waals surface area contributed by atoms with Gasteiger partial charge in [0.1, 0.15) is 0 Å². The van der Waals surface area contributed by atoms with E-state index in [-0.39, 0.29) is 5.91 Å². The summed E-state index contributed by atoms with van der Waals surface area (Å²) in [6, 6.07) is 11.0. The van der Waals surface area contributed by atoms with E-state index in [0.29, 0.717) is 18.5 Å². The number of carbonyl (C=O) groups is 1. The third-order valence-corrected chi connectivity index (χ3v) is 4.46. The SMILES string of the molecule is CC(C)(CN)C(=O)NC1CCC(c2ccccc2)CC1. The summed E-state index contributed by atoms with van der Waals surface area (Å²) < 4.78 is 0. The molecular formula is C17H26N2O. The van der Waals surface area contributed by atoms with Crippen LogP contribution in [-0.2, 0) is 4.79 Å². The maximum Gasteiger partial charge on any atom is 0.227 e. The molecule has 3 nitrogen and oxygen atoms in total. The molecule has 0 heterocycles. The van der Waals surface area contributed by atoms with Crippen LogP contribution in [0.25, 0.3) is 0 Å². The minimum atomic E-state index is -0.462. The molecule has 0 saturated heterocycles. The fraction of sp³-hybridized carbons (Fsp3) is 0.588. The van der Waals surface area contributed by atoms with E-state index in [1.807, 2.05) is 13.8 Å². The molecule has 1 fully saturated rings. The number of benzene rings is 1. The molecule has 110 valence electrons. The van der Waals surface area contributed by atoms with E-state index in [9.17, 15) is 4.79 Å². The lowest BCUT2D eigenvalue weighted by Gasteiger charge is -2.32. The van der Waals surface area contributed by atoms with Crippen LogP contribution >= 0.6 is 0 Å². The Balaban J connectivity index is 1.85. The third-order valence-electron chi connectivity index (χ3n) is 4.46. The van der Waals surface area contributed by atoms with Gasteiger partial charge in [-0.05, 0) is 51.0 Å². The first-order valence-corrected chi connectivity index (χ1v) is 7.59. The Bertz CT molecular complexity index is 434. The molecule has 0 aromatic heterocycles. The highest BCUT2D eigenvalue weighted by Gasteiger charge is 2.29. The molecule has 3 N–H and O–H groups in total. The highest BCUT2D eigenvalue weighted by atomic mass is 16.2.